The molecule has 1 fully saturated rings. The summed E-state index contributed by atoms with van der Waals surface area (Å²) in [5, 5.41) is 9.01. The maximum Gasteiger partial charge on any atom is 0.0558 e. The number of hydrogen-bond acceptors (Lipinski definition) is 3. The Morgan fingerprint density at radius 1 is 1.31 bits per heavy atom. The predicted molar refractivity (Wildman–Crippen MR) is 68.3 cm³/mol. The molecule has 1 aliphatic carbocycles. The summed E-state index contributed by atoms with van der Waals surface area (Å²) in [4.78, 5) is 2.25. The fourth-order valence-electron chi connectivity index (χ4n) is 2.55. The van der Waals surface area contributed by atoms with Gasteiger partial charge in [0.15, 0.2) is 0 Å². The number of nitrogens with two attached hydrogens (primary N) is 1. The van der Waals surface area contributed by atoms with E-state index >= 15 is 0 Å². The molecule has 16 heavy (non-hydrogen) atoms. The van der Waals surface area contributed by atoms with Gasteiger partial charge in [0.1, 0.15) is 0 Å². The zero-order valence-electron chi connectivity index (χ0n) is 10.3. The van der Waals surface area contributed by atoms with Crippen LogP contribution in [0, 0.1) is 5.92 Å². The van der Waals surface area contributed by atoms with Crippen molar-refractivity contribution >= 4 is 0 Å². The first-order chi connectivity index (χ1) is 7.77. The van der Waals surface area contributed by atoms with E-state index < -0.39 is 0 Å². The van der Waals surface area contributed by atoms with Crippen LogP contribution >= 0.6 is 0 Å². The van der Waals surface area contributed by atoms with Crippen LogP contribution in [0.4, 0.5) is 0 Å². The van der Waals surface area contributed by atoms with Crippen LogP contribution in [0.3, 0.4) is 0 Å². The average molecular weight is 226 g/mol. The fourth-order valence-corrected chi connectivity index (χ4v) is 2.55. The molecule has 3 N–H and O–H groups in total. The lowest BCUT2D eigenvalue weighted by atomic mass is 9.95. The van der Waals surface area contributed by atoms with Crippen molar-refractivity contribution in [1.82, 2.24) is 4.90 Å². The highest BCUT2D eigenvalue weighted by molar-refractivity contribution is 4.82. The summed E-state index contributed by atoms with van der Waals surface area (Å²) < 4.78 is 0. The maximum atomic E-state index is 9.01. The Morgan fingerprint density at radius 2 is 2.06 bits per heavy atom. The summed E-state index contributed by atoms with van der Waals surface area (Å²) in [5.74, 6) is 0.592. The van der Waals surface area contributed by atoms with E-state index in [0.29, 0.717) is 12.0 Å². The van der Waals surface area contributed by atoms with Gasteiger partial charge in [0.25, 0.3) is 0 Å². The average Bonchev–Trinajstić information content (AvgIpc) is 2.45. The van der Waals surface area contributed by atoms with Crippen molar-refractivity contribution < 1.29 is 5.11 Å². The molecule has 3 heteroatoms. The van der Waals surface area contributed by atoms with Gasteiger partial charge in [-0.1, -0.05) is 25.3 Å². The molecule has 0 aromatic heterocycles. The van der Waals surface area contributed by atoms with Crippen molar-refractivity contribution in [3.8, 4) is 0 Å². The van der Waals surface area contributed by atoms with E-state index in [0.717, 1.165) is 26.1 Å². The Hall–Kier alpha value is -0.380. The van der Waals surface area contributed by atoms with Crippen molar-refractivity contribution in [3.63, 3.8) is 0 Å². The Morgan fingerprint density at radius 3 is 2.75 bits per heavy atom. The highest BCUT2D eigenvalue weighted by Crippen LogP contribution is 2.22. The fraction of sp³-hybridized carbons (Fsp3) is 0.846. The molecule has 0 amide bonds. The van der Waals surface area contributed by atoms with Crippen LogP contribution in [-0.4, -0.2) is 42.3 Å². The van der Waals surface area contributed by atoms with Gasteiger partial charge in [0.05, 0.1) is 6.61 Å². The topological polar surface area (TPSA) is 49.5 Å². The van der Waals surface area contributed by atoms with E-state index in [1.807, 2.05) is 6.08 Å². The molecule has 1 saturated carbocycles. The van der Waals surface area contributed by atoms with Crippen molar-refractivity contribution in [2.75, 3.05) is 26.2 Å². The Balaban J connectivity index is 2.43. The zero-order valence-corrected chi connectivity index (χ0v) is 10.3. The summed E-state index contributed by atoms with van der Waals surface area (Å²) in [7, 11) is 0. The third-order valence-electron chi connectivity index (χ3n) is 3.51. The van der Waals surface area contributed by atoms with Gasteiger partial charge in [0, 0.05) is 25.7 Å². The van der Waals surface area contributed by atoms with E-state index in [2.05, 4.69) is 11.5 Å². The lowest BCUT2D eigenvalue weighted by molar-refractivity contribution is 0.175. The molecule has 0 spiro atoms. The van der Waals surface area contributed by atoms with Gasteiger partial charge in [-0.3, -0.25) is 4.90 Å². The minimum atomic E-state index is 0.218. The highest BCUT2D eigenvalue weighted by atomic mass is 16.3. The molecule has 0 bridgehead atoms. The second kappa shape index (κ2) is 7.82. The third-order valence-corrected chi connectivity index (χ3v) is 3.51. The maximum absolute atomic E-state index is 9.01. The molecular formula is C13H26N2O. The lowest BCUT2D eigenvalue weighted by Gasteiger charge is -2.28. The van der Waals surface area contributed by atoms with Gasteiger partial charge in [-0.05, 0) is 18.8 Å². The van der Waals surface area contributed by atoms with Crippen molar-refractivity contribution in [2.45, 2.75) is 38.1 Å². The molecule has 0 saturated heterocycles. The zero-order chi connectivity index (χ0) is 11.8. The van der Waals surface area contributed by atoms with E-state index in [9.17, 15) is 0 Å². The van der Waals surface area contributed by atoms with Crippen LogP contribution in [0.2, 0.25) is 0 Å². The molecule has 0 radical (unpaired) electrons. The van der Waals surface area contributed by atoms with E-state index in [1.54, 1.807) is 0 Å². The largest absolute Gasteiger partial charge is 0.395 e. The van der Waals surface area contributed by atoms with Gasteiger partial charge < -0.3 is 10.8 Å². The summed E-state index contributed by atoms with van der Waals surface area (Å²) >= 11 is 0. The number of nitrogens with zero attached hydrogens (tertiary/aromatic N) is 1. The SMILES string of the molecule is C=CCN(CCO)CC1CCCCCC1N. The second-order valence-electron chi connectivity index (χ2n) is 4.83. The van der Waals surface area contributed by atoms with Gasteiger partial charge in [-0.15, -0.1) is 6.58 Å². The number of aliphatic hydroxyl groups is 1. The van der Waals surface area contributed by atoms with Gasteiger partial charge in [0.2, 0.25) is 0 Å². The minimum Gasteiger partial charge on any atom is -0.395 e. The molecule has 94 valence electrons. The first kappa shape index (κ1) is 13.7. The highest BCUT2D eigenvalue weighted by Gasteiger charge is 2.22. The predicted octanol–water partition coefficient (Wildman–Crippen LogP) is 1.37. The second-order valence-corrected chi connectivity index (χ2v) is 4.83. The van der Waals surface area contributed by atoms with Crippen LogP contribution in [-0.2, 0) is 0 Å². The standard InChI is InChI=1S/C13H26N2O/c1-2-8-15(9-10-16)11-12-6-4-3-5-7-13(12)14/h2,12-13,16H,1,3-11,14H2. The van der Waals surface area contributed by atoms with Gasteiger partial charge in [-0.25, -0.2) is 0 Å². The normalized spacial score (nSPS) is 26.7. The smallest absolute Gasteiger partial charge is 0.0558 e. The summed E-state index contributed by atoms with van der Waals surface area (Å²) in [6.07, 6.45) is 8.20. The minimum absolute atomic E-state index is 0.218. The Kier molecular flexibility index (Phi) is 6.69. The first-order valence-corrected chi connectivity index (χ1v) is 6.47. The Labute approximate surface area is 99.3 Å². The van der Waals surface area contributed by atoms with Gasteiger partial charge in [-0.2, -0.15) is 0 Å². The number of hydrogen-bond donors (Lipinski definition) is 2. The first-order valence-electron chi connectivity index (χ1n) is 6.47. The molecule has 0 aliphatic heterocycles. The molecule has 0 aromatic carbocycles. The van der Waals surface area contributed by atoms with E-state index in [-0.39, 0.29) is 6.61 Å². The summed E-state index contributed by atoms with van der Waals surface area (Å²) in [6, 6.07) is 0.341. The molecule has 1 aliphatic rings. The number of aliphatic hydroxyl groups excluding tert-OH is 1. The van der Waals surface area contributed by atoms with Crippen LogP contribution in [0.1, 0.15) is 32.1 Å². The Bertz CT molecular complexity index is 196. The summed E-state index contributed by atoms with van der Waals surface area (Å²) in [6.45, 7) is 6.57. The molecule has 2 unspecified atom stereocenters. The van der Waals surface area contributed by atoms with E-state index in [1.165, 1.54) is 25.7 Å². The molecule has 0 aromatic rings. The quantitative estimate of drug-likeness (QED) is 0.531. The van der Waals surface area contributed by atoms with Crippen LogP contribution in [0.5, 0.6) is 0 Å². The molecule has 2 atom stereocenters. The van der Waals surface area contributed by atoms with Crippen molar-refractivity contribution in [3.05, 3.63) is 12.7 Å². The van der Waals surface area contributed by atoms with Crippen LogP contribution in [0.15, 0.2) is 12.7 Å². The lowest BCUT2D eigenvalue weighted by Crippen LogP contribution is -2.40. The monoisotopic (exact) mass is 226 g/mol. The van der Waals surface area contributed by atoms with E-state index in [4.69, 9.17) is 10.8 Å². The molecule has 0 heterocycles. The molecule has 3 nitrogen and oxygen atoms in total. The van der Waals surface area contributed by atoms with Crippen molar-refractivity contribution in [1.29, 1.82) is 0 Å². The van der Waals surface area contributed by atoms with Crippen LogP contribution in [0.25, 0.3) is 0 Å². The molecular weight excluding hydrogens is 200 g/mol. The molecule has 1 rings (SSSR count). The van der Waals surface area contributed by atoms with Gasteiger partial charge >= 0.3 is 0 Å². The number of rotatable bonds is 6. The van der Waals surface area contributed by atoms with Crippen molar-refractivity contribution in [2.24, 2.45) is 11.7 Å². The summed E-state index contributed by atoms with van der Waals surface area (Å²) in [5.41, 5.74) is 6.20. The van der Waals surface area contributed by atoms with Crippen LogP contribution < -0.4 is 5.73 Å². The third kappa shape index (κ3) is 4.64.